The molecular formula is C22H31FN2O. The van der Waals surface area contributed by atoms with Crippen molar-refractivity contribution < 1.29 is 9.18 Å². The topological polar surface area (TPSA) is 32.3 Å². The number of amides is 1. The monoisotopic (exact) mass is 358 g/mol. The highest BCUT2D eigenvalue weighted by molar-refractivity contribution is 5.78. The van der Waals surface area contributed by atoms with Crippen LogP contribution in [0.5, 0.6) is 0 Å². The smallest absolute Gasteiger partial charge is 0.234 e. The predicted octanol–water partition coefficient (Wildman–Crippen LogP) is 3.98. The average Bonchev–Trinajstić information content (AvgIpc) is 2.55. The van der Waals surface area contributed by atoms with Crippen LogP contribution in [0, 0.1) is 29.0 Å². The summed E-state index contributed by atoms with van der Waals surface area (Å²) < 4.78 is 13.0. The molecule has 142 valence electrons. The summed E-state index contributed by atoms with van der Waals surface area (Å²) in [6.45, 7) is 3.26. The minimum Gasteiger partial charge on any atom is -0.352 e. The van der Waals surface area contributed by atoms with Crippen LogP contribution >= 0.6 is 0 Å². The number of carbonyl (C=O) groups is 1. The van der Waals surface area contributed by atoms with E-state index in [4.69, 9.17) is 0 Å². The Labute approximate surface area is 156 Å². The number of carbonyl (C=O) groups excluding carboxylic acids is 1. The maximum atomic E-state index is 13.0. The van der Waals surface area contributed by atoms with Crippen LogP contribution in [0.25, 0.3) is 0 Å². The zero-order valence-electron chi connectivity index (χ0n) is 16.0. The number of nitrogens with zero attached hydrogens (tertiary/aromatic N) is 1. The van der Waals surface area contributed by atoms with Crippen LogP contribution < -0.4 is 5.32 Å². The van der Waals surface area contributed by atoms with Gasteiger partial charge in [-0.2, -0.15) is 0 Å². The van der Waals surface area contributed by atoms with Crippen molar-refractivity contribution >= 4 is 5.91 Å². The molecule has 0 spiro atoms. The van der Waals surface area contributed by atoms with Gasteiger partial charge in [-0.1, -0.05) is 12.1 Å². The molecule has 0 radical (unpaired) electrons. The van der Waals surface area contributed by atoms with Gasteiger partial charge in [0.1, 0.15) is 5.82 Å². The molecule has 1 atom stereocenters. The third kappa shape index (κ3) is 3.66. The summed E-state index contributed by atoms with van der Waals surface area (Å²) in [5, 5.41) is 3.32. The first-order chi connectivity index (χ1) is 12.4. The number of benzene rings is 1. The molecule has 5 rings (SSSR count). The lowest BCUT2D eigenvalue weighted by Gasteiger charge is -2.59. The van der Waals surface area contributed by atoms with E-state index < -0.39 is 0 Å². The lowest BCUT2D eigenvalue weighted by Crippen LogP contribution is -2.56. The quantitative estimate of drug-likeness (QED) is 0.834. The molecule has 0 heterocycles. The molecule has 26 heavy (non-hydrogen) atoms. The van der Waals surface area contributed by atoms with E-state index in [0.29, 0.717) is 18.5 Å². The van der Waals surface area contributed by atoms with Crippen molar-refractivity contribution in [3.8, 4) is 0 Å². The van der Waals surface area contributed by atoms with Crippen molar-refractivity contribution in [3.63, 3.8) is 0 Å². The maximum absolute atomic E-state index is 13.0. The molecular weight excluding hydrogens is 327 g/mol. The number of hydrogen-bond acceptors (Lipinski definition) is 2. The molecule has 0 aromatic heterocycles. The summed E-state index contributed by atoms with van der Waals surface area (Å²) in [5.41, 5.74) is 1.37. The zero-order valence-corrected chi connectivity index (χ0v) is 16.0. The SMILES string of the molecule is C[C@@H](NC(=O)CN(C)Cc1ccc(F)cc1)C12CC3CC(CC(C3)C1)C2. The largest absolute Gasteiger partial charge is 0.352 e. The number of halogens is 1. The van der Waals surface area contributed by atoms with Crippen molar-refractivity contribution in [3.05, 3.63) is 35.6 Å². The van der Waals surface area contributed by atoms with E-state index in [0.717, 1.165) is 23.3 Å². The van der Waals surface area contributed by atoms with Gasteiger partial charge in [0.2, 0.25) is 5.91 Å². The summed E-state index contributed by atoms with van der Waals surface area (Å²) in [4.78, 5) is 14.6. The number of nitrogens with one attached hydrogen (secondary N) is 1. The van der Waals surface area contributed by atoms with Gasteiger partial charge in [-0.25, -0.2) is 4.39 Å². The molecule has 4 aliphatic carbocycles. The van der Waals surface area contributed by atoms with Crippen molar-refractivity contribution in [1.29, 1.82) is 0 Å². The second kappa shape index (κ2) is 6.95. The van der Waals surface area contributed by atoms with Crippen molar-refractivity contribution in [2.24, 2.45) is 23.2 Å². The van der Waals surface area contributed by atoms with Crippen LogP contribution in [-0.2, 0) is 11.3 Å². The highest BCUT2D eigenvalue weighted by Crippen LogP contribution is 2.61. The van der Waals surface area contributed by atoms with Crippen LogP contribution in [-0.4, -0.2) is 30.4 Å². The molecule has 3 nitrogen and oxygen atoms in total. The predicted molar refractivity (Wildman–Crippen MR) is 101 cm³/mol. The minimum absolute atomic E-state index is 0.109. The van der Waals surface area contributed by atoms with Crippen LogP contribution in [0.2, 0.25) is 0 Å². The van der Waals surface area contributed by atoms with Gasteiger partial charge < -0.3 is 5.32 Å². The third-order valence-corrected chi connectivity index (χ3v) is 7.16. The molecule has 4 saturated carbocycles. The van der Waals surface area contributed by atoms with Gasteiger partial charge in [0.25, 0.3) is 0 Å². The Morgan fingerprint density at radius 1 is 1.15 bits per heavy atom. The van der Waals surface area contributed by atoms with Gasteiger partial charge in [0, 0.05) is 12.6 Å². The van der Waals surface area contributed by atoms with Gasteiger partial charge >= 0.3 is 0 Å². The Morgan fingerprint density at radius 2 is 1.69 bits per heavy atom. The van der Waals surface area contributed by atoms with Crippen LogP contribution in [0.1, 0.15) is 51.0 Å². The second-order valence-electron chi connectivity index (χ2n) is 9.37. The highest BCUT2D eigenvalue weighted by Gasteiger charge is 2.53. The molecule has 4 bridgehead atoms. The van der Waals surface area contributed by atoms with E-state index in [-0.39, 0.29) is 17.8 Å². The van der Waals surface area contributed by atoms with Crippen molar-refractivity contribution in [1.82, 2.24) is 10.2 Å². The van der Waals surface area contributed by atoms with E-state index in [1.54, 1.807) is 12.1 Å². The molecule has 0 saturated heterocycles. The van der Waals surface area contributed by atoms with Gasteiger partial charge in [-0.15, -0.1) is 0 Å². The molecule has 1 aromatic carbocycles. The summed E-state index contributed by atoms with van der Waals surface area (Å²) in [5.74, 6) is 2.60. The maximum Gasteiger partial charge on any atom is 0.234 e. The molecule has 1 amide bonds. The Hall–Kier alpha value is -1.42. The standard InChI is InChI=1S/C22H31FN2O/c1-15(22-10-17-7-18(11-22)9-19(8-17)12-22)24-21(26)14-25(2)13-16-3-5-20(23)6-4-16/h3-6,15,17-19H,7-14H2,1-2H3,(H,24,26)/t15-,17?,18?,19?,22?/m1/s1. The minimum atomic E-state index is -0.224. The molecule has 1 aromatic rings. The Bertz CT molecular complexity index is 621. The molecule has 4 heteroatoms. The lowest BCUT2D eigenvalue weighted by molar-refractivity contribution is -0.126. The van der Waals surface area contributed by atoms with Gasteiger partial charge in [-0.05, 0) is 93.4 Å². The highest BCUT2D eigenvalue weighted by atomic mass is 19.1. The van der Waals surface area contributed by atoms with Crippen molar-refractivity contribution in [2.75, 3.05) is 13.6 Å². The molecule has 0 unspecified atom stereocenters. The fourth-order valence-corrected chi connectivity index (χ4v) is 6.35. The van der Waals surface area contributed by atoms with E-state index in [2.05, 4.69) is 12.2 Å². The summed E-state index contributed by atoms with van der Waals surface area (Å²) >= 11 is 0. The molecule has 4 fully saturated rings. The Morgan fingerprint density at radius 3 is 2.23 bits per heavy atom. The van der Waals surface area contributed by atoms with E-state index >= 15 is 0 Å². The first kappa shape index (κ1) is 18.0. The number of hydrogen-bond donors (Lipinski definition) is 1. The van der Waals surface area contributed by atoms with Gasteiger partial charge in [-0.3, -0.25) is 9.69 Å². The van der Waals surface area contributed by atoms with E-state index in [1.165, 1.54) is 50.7 Å². The molecule has 0 aliphatic heterocycles. The van der Waals surface area contributed by atoms with E-state index in [9.17, 15) is 9.18 Å². The average molecular weight is 359 g/mol. The van der Waals surface area contributed by atoms with E-state index in [1.807, 2.05) is 11.9 Å². The summed E-state index contributed by atoms with van der Waals surface area (Å²) in [7, 11) is 1.94. The van der Waals surface area contributed by atoms with Gasteiger partial charge in [0.15, 0.2) is 0 Å². The summed E-state index contributed by atoms with van der Waals surface area (Å²) in [6, 6.07) is 6.77. The fourth-order valence-electron chi connectivity index (χ4n) is 6.35. The zero-order chi connectivity index (χ0) is 18.3. The molecule has 1 N–H and O–H groups in total. The van der Waals surface area contributed by atoms with Crippen molar-refractivity contribution in [2.45, 2.75) is 58.0 Å². The third-order valence-electron chi connectivity index (χ3n) is 7.16. The number of likely N-dealkylation sites (N-methyl/N-ethyl adjacent to an activating group) is 1. The van der Waals surface area contributed by atoms with Crippen LogP contribution in [0.4, 0.5) is 4.39 Å². The second-order valence-corrected chi connectivity index (χ2v) is 9.37. The first-order valence-corrected chi connectivity index (χ1v) is 10.1. The van der Waals surface area contributed by atoms with Gasteiger partial charge in [0.05, 0.1) is 6.54 Å². The van der Waals surface area contributed by atoms with Crippen LogP contribution in [0.15, 0.2) is 24.3 Å². The fraction of sp³-hybridized carbons (Fsp3) is 0.682. The normalized spacial score (nSPS) is 33.5. The molecule has 4 aliphatic rings. The Kier molecular flexibility index (Phi) is 4.81. The number of rotatable bonds is 6. The Balaban J connectivity index is 1.31. The summed E-state index contributed by atoms with van der Waals surface area (Å²) in [6.07, 6.45) is 8.23. The van der Waals surface area contributed by atoms with Crippen LogP contribution in [0.3, 0.4) is 0 Å². The lowest BCUT2D eigenvalue weighted by atomic mass is 9.48. The first-order valence-electron chi connectivity index (χ1n) is 10.1.